The van der Waals surface area contributed by atoms with E-state index in [1.54, 1.807) is 29.3 Å². The molecule has 0 unspecified atom stereocenters. The van der Waals surface area contributed by atoms with Gasteiger partial charge in [-0.1, -0.05) is 11.6 Å². The van der Waals surface area contributed by atoms with Crippen molar-refractivity contribution in [2.75, 3.05) is 23.3 Å². The van der Waals surface area contributed by atoms with Crippen molar-refractivity contribution in [2.45, 2.75) is 25.7 Å². The Morgan fingerprint density at radius 3 is 2.93 bits per heavy atom. The third-order valence-electron chi connectivity index (χ3n) is 5.35. The maximum Gasteiger partial charge on any atom is 0.247 e. The lowest BCUT2D eigenvalue weighted by atomic mass is 9.83. The van der Waals surface area contributed by atoms with Crippen LogP contribution in [0.1, 0.15) is 24.1 Å². The van der Waals surface area contributed by atoms with E-state index in [4.69, 9.17) is 11.6 Å². The van der Waals surface area contributed by atoms with Gasteiger partial charge in [0.2, 0.25) is 5.91 Å². The van der Waals surface area contributed by atoms with Crippen molar-refractivity contribution in [3.05, 3.63) is 39.7 Å². The molecule has 0 bridgehead atoms. The number of thiophene rings is 1. The molecule has 0 aromatic carbocycles. The van der Waals surface area contributed by atoms with E-state index in [-0.39, 0.29) is 24.2 Å². The van der Waals surface area contributed by atoms with Gasteiger partial charge in [0.05, 0.1) is 17.0 Å². The minimum atomic E-state index is -0.866. The number of rotatable bonds is 7. The second kappa shape index (κ2) is 7.53. The molecule has 2 aliphatic rings. The molecule has 4 rings (SSSR count). The number of carbonyl (C=O) groups is 2. The molecule has 2 aromatic heterocycles. The molecule has 8 heteroatoms. The Morgan fingerprint density at radius 1 is 1.43 bits per heavy atom. The minimum Gasteiger partial charge on any atom is -0.363 e. The number of pyridine rings is 1. The van der Waals surface area contributed by atoms with Gasteiger partial charge in [-0.05, 0) is 43.4 Å². The first-order chi connectivity index (χ1) is 13.5. The normalized spacial score (nSPS) is 21.6. The molecule has 1 aliphatic heterocycles. The van der Waals surface area contributed by atoms with Gasteiger partial charge in [0.15, 0.2) is 5.78 Å². The molecule has 0 radical (unpaired) electrons. The number of hydrogen-bond acceptors (Lipinski definition) is 6. The van der Waals surface area contributed by atoms with Gasteiger partial charge >= 0.3 is 0 Å². The molecule has 1 saturated carbocycles. The summed E-state index contributed by atoms with van der Waals surface area (Å²) in [6.45, 7) is 0.675. The average Bonchev–Trinajstić information content (AvgIpc) is 3.39. The standard InChI is InChI=1S/C20H19ClN4O2S/c21-17-4-3-16(28-17)10-15(26)11-24-18-9-14(5-7-23-18)25-8-6-20(12-22,19(25)27)13-1-2-13/h3-5,7,9,13H,1-2,6,8,10-11H2,(H,23,24)/t20-/m1/s1. The Balaban J connectivity index is 1.40. The first kappa shape index (κ1) is 18.9. The summed E-state index contributed by atoms with van der Waals surface area (Å²) in [6.07, 6.45) is 4.40. The molecule has 2 fully saturated rings. The number of ketones is 1. The van der Waals surface area contributed by atoms with Crippen LogP contribution in [-0.2, 0) is 16.0 Å². The molecule has 1 atom stereocenters. The fourth-order valence-corrected chi connectivity index (χ4v) is 4.83. The molecule has 2 aromatic rings. The molecule has 1 N–H and O–H groups in total. The second-order valence-corrected chi connectivity index (χ2v) is 9.04. The van der Waals surface area contributed by atoms with Gasteiger partial charge in [-0.3, -0.25) is 9.59 Å². The number of Topliss-reactive ketones (excluding diaryl/α,β-unsaturated/α-hetero) is 1. The average molecular weight is 415 g/mol. The lowest BCUT2D eigenvalue weighted by molar-refractivity contribution is -0.123. The summed E-state index contributed by atoms with van der Waals surface area (Å²) in [4.78, 5) is 31.9. The third kappa shape index (κ3) is 3.62. The van der Waals surface area contributed by atoms with E-state index in [0.29, 0.717) is 35.2 Å². The Labute approximate surface area is 172 Å². The SMILES string of the molecule is N#C[C@@]1(C2CC2)CCN(c2ccnc(NCC(=O)Cc3ccc(Cl)s3)c2)C1=O. The molecule has 144 valence electrons. The molecule has 28 heavy (non-hydrogen) atoms. The highest BCUT2D eigenvalue weighted by molar-refractivity contribution is 7.16. The highest BCUT2D eigenvalue weighted by Crippen LogP contribution is 2.51. The first-order valence-electron chi connectivity index (χ1n) is 9.21. The summed E-state index contributed by atoms with van der Waals surface area (Å²) in [6, 6.07) is 9.45. The number of nitrogens with zero attached hydrogens (tertiary/aromatic N) is 3. The number of carbonyl (C=O) groups excluding carboxylic acids is 2. The van der Waals surface area contributed by atoms with Gasteiger partial charge < -0.3 is 10.2 Å². The van der Waals surface area contributed by atoms with Crippen LogP contribution < -0.4 is 10.2 Å². The number of anilines is 2. The van der Waals surface area contributed by atoms with Crippen molar-refractivity contribution >= 4 is 46.1 Å². The quantitative estimate of drug-likeness (QED) is 0.746. The van der Waals surface area contributed by atoms with E-state index >= 15 is 0 Å². The van der Waals surface area contributed by atoms with E-state index in [9.17, 15) is 14.9 Å². The van der Waals surface area contributed by atoms with E-state index in [0.717, 1.165) is 17.7 Å². The van der Waals surface area contributed by atoms with Crippen molar-refractivity contribution < 1.29 is 9.59 Å². The summed E-state index contributed by atoms with van der Waals surface area (Å²) < 4.78 is 0.667. The van der Waals surface area contributed by atoms with Crippen LogP contribution in [-0.4, -0.2) is 29.8 Å². The van der Waals surface area contributed by atoms with Gasteiger partial charge in [-0.15, -0.1) is 11.3 Å². The minimum absolute atomic E-state index is 0.0280. The fourth-order valence-electron chi connectivity index (χ4n) is 3.71. The Hall–Kier alpha value is -2.43. The van der Waals surface area contributed by atoms with E-state index in [2.05, 4.69) is 16.4 Å². The van der Waals surface area contributed by atoms with E-state index in [1.807, 2.05) is 6.07 Å². The molecule has 0 spiro atoms. The van der Waals surface area contributed by atoms with Crippen LogP contribution in [0.5, 0.6) is 0 Å². The van der Waals surface area contributed by atoms with Gasteiger partial charge in [-0.2, -0.15) is 5.26 Å². The number of nitriles is 1. The molecule has 3 heterocycles. The lowest BCUT2D eigenvalue weighted by Crippen LogP contribution is -2.35. The summed E-state index contributed by atoms with van der Waals surface area (Å²) in [7, 11) is 0. The maximum absolute atomic E-state index is 12.9. The fraction of sp³-hybridized carbons (Fsp3) is 0.400. The topological polar surface area (TPSA) is 86.1 Å². The number of nitrogens with one attached hydrogen (secondary N) is 1. The van der Waals surface area contributed by atoms with Gasteiger partial charge in [0.1, 0.15) is 11.2 Å². The molecular weight excluding hydrogens is 396 g/mol. The number of amides is 1. The molecule has 6 nitrogen and oxygen atoms in total. The summed E-state index contributed by atoms with van der Waals surface area (Å²) >= 11 is 7.29. The van der Waals surface area contributed by atoms with Crippen molar-refractivity contribution in [3.8, 4) is 6.07 Å². The Bertz CT molecular complexity index is 965. The Kier molecular flexibility index (Phi) is 5.09. The number of aromatic nitrogens is 1. The van der Waals surface area contributed by atoms with Crippen molar-refractivity contribution in [1.29, 1.82) is 5.26 Å². The number of hydrogen-bond donors (Lipinski definition) is 1. The van der Waals surface area contributed by atoms with Crippen LogP contribution in [0.4, 0.5) is 11.5 Å². The smallest absolute Gasteiger partial charge is 0.247 e. The van der Waals surface area contributed by atoms with Crippen molar-refractivity contribution in [1.82, 2.24) is 4.98 Å². The predicted molar refractivity (Wildman–Crippen MR) is 109 cm³/mol. The van der Waals surface area contributed by atoms with Crippen LogP contribution in [0.2, 0.25) is 4.34 Å². The van der Waals surface area contributed by atoms with E-state index in [1.165, 1.54) is 11.3 Å². The van der Waals surface area contributed by atoms with Gasteiger partial charge in [0.25, 0.3) is 0 Å². The van der Waals surface area contributed by atoms with Crippen LogP contribution >= 0.6 is 22.9 Å². The van der Waals surface area contributed by atoms with Crippen LogP contribution in [0, 0.1) is 22.7 Å². The zero-order valence-electron chi connectivity index (χ0n) is 15.2. The van der Waals surface area contributed by atoms with E-state index < -0.39 is 5.41 Å². The highest BCUT2D eigenvalue weighted by Gasteiger charge is 2.56. The molecular formula is C20H19ClN4O2S. The number of halogens is 1. The molecule has 1 aliphatic carbocycles. The predicted octanol–water partition coefficient (Wildman–Crippen LogP) is 3.68. The zero-order chi connectivity index (χ0) is 19.7. The van der Waals surface area contributed by atoms with Crippen molar-refractivity contribution in [2.24, 2.45) is 11.3 Å². The third-order valence-corrected chi connectivity index (χ3v) is 6.58. The largest absolute Gasteiger partial charge is 0.363 e. The molecule has 1 amide bonds. The van der Waals surface area contributed by atoms with Crippen LogP contribution in [0.3, 0.4) is 0 Å². The first-order valence-corrected chi connectivity index (χ1v) is 10.4. The lowest BCUT2D eigenvalue weighted by Gasteiger charge is -2.21. The zero-order valence-corrected chi connectivity index (χ0v) is 16.7. The molecule has 1 saturated heterocycles. The van der Waals surface area contributed by atoms with Crippen LogP contribution in [0.25, 0.3) is 0 Å². The van der Waals surface area contributed by atoms with Gasteiger partial charge in [0, 0.05) is 35.8 Å². The van der Waals surface area contributed by atoms with Gasteiger partial charge in [-0.25, -0.2) is 4.98 Å². The van der Waals surface area contributed by atoms with Crippen molar-refractivity contribution in [3.63, 3.8) is 0 Å². The summed E-state index contributed by atoms with van der Waals surface area (Å²) in [5, 5.41) is 12.6. The monoisotopic (exact) mass is 414 g/mol. The second-order valence-electron chi connectivity index (χ2n) is 7.24. The maximum atomic E-state index is 12.9. The highest BCUT2D eigenvalue weighted by atomic mass is 35.5. The summed E-state index contributed by atoms with van der Waals surface area (Å²) in [5.74, 6) is 0.641. The summed E-state index contributed by atoms with van der Waals surface area (Å²) in [5.41, 5.74) is -0.160. The van der Waals surface area contributed by atoms with Crippen LogP contribution in [0.15, 0.2) is 30.5 Å². The Morgan fingerprint density at radius 2 is 2.25 bits per heavy atom.